The molecule has 1 aromatic carbocycles. The van der Waals surface area contributed by atoms with Crippen LogP contribution >= 0.6 is 0 Å². The quantitative estimate of drug-likeness (QED) is 0.0893. The maximum atomic E-state index is 12.9. The Kier molecular flexibility index (Phi) is 15.5. The first-order valence-electron chi connectivity index (χ1n) is 16.9. The molecule has 0 spiro atoms. The van der Waals surface area contributed by atoms with Crippen molar-refractivity contribution < 1.29 is 14.3 Å². The number of hydrogen-bond donors (Lipinski definition) is 0. The topological polar surface area (TPSA) is 72.2 Å². The minimum Gasteiger partial charge on any atom is -0.492 e. The predicted octanol–water partition coefficient (Wildman–Crippen LogP) is 10.6. The smallest absolute Gasteiger partial charge is 0.314 e. The van der Waals surface area contributed by atoms with Crippen LogP contribution in [0.5, 0.6) is 11.5 Å². The van der Waals surface area contributed by atoms with E-state index in [0.717, 1.165) is 68.6 Å². The molecule has 42 heavy (non-hydrogen) atoms. The van der Waals surface area contributed by atoms with Crippen LogP contribution in [0, 0.1) is 22.7 Å². The summed E-state index contributed by atoms with van der Waals surface area (Å²) in [6.45, 7) is 5.22. The van der Waals surface area contributed by atoms with Gasteiger partial charge in [-0.3, -0.25) is 9.78 Å². The molecule has 1 saturated carbocycles. The molecule has 5 heteroatoms. The van der Waals surface area contributed by atoms with Crippen molar-refractivity contribution in [3.05, 3.63) is 42.6 Å². The van der Waals surface area contributed by atoms with Gasteiger partial charge in [-0.15, -0.1) is 0 Å². The van der Waals surface area contributed by atoms with Gasteiger partial charge in [0.25, 0.3) is 0 Å². The van der Waals surface area contributed by atoms with Gasteiger partial charge in [-0.2, -0.15) is 5.26 Å². The number of pyridine rings is 1. The zero-order valence-corrected chi connectivity index (χ0v) is 26.4. The molecule has 0 N–H and O–H groups in total. The highest BCUT2D eigenvalue weighted by Crippen LogP contribution is 2.43. The molecule has 3 rings (SSSR count). The van der Waals surface area contributed by atoms with E-state index in [9.17, 15) is 10.1 Å². The maximum Gasteiger partial charge on any atom is 0.314 e. The first-order chi connectivity index (χ1) is 20.6. The molecule has 0 amide bonds. The normalized spacial score (nSPS) is 18.4. The summed E-state index contributed by atoms with van der Waals surface area (Å²) >= 11 is 0. The van der Waals surface area contributed by atoms with Crippen LogP contribution in [-0.2, 0) is 4.79 Å². The van der Waals surface area contributed by atoms with Gasteiger partial charge in [0, 0.05) is 5.56 Å². The fraction of sp³-hybridized carbons (Fsp3) is 0.649. The number of carbonyl (C=O) groups is 1. The zero-order chi connectivity index (χ0) is 29.9. The third-order valence-electron chi connectivity index (χ3n) is 8.89. The second kappa shape index (κ2) is 19.3. The number of aromatic nitrogens is 1. The summed E-state index contributed by atoms with van der Waals surface area (Å²) in [5.74, 6) is 1.05. The number of nitrogens with zero attached hydrogens (tertiary/aromatic N) is 2. The number of carbonyl (C=O) groups excluding carboxylic acids is 1. The van der Waals surface area contributed by atoms with Gasteiger partial charge >= 0.3 is 5.97 Å². The van der Waals surface area contributed by atoms with Gasteiger partial charge in [0.1, 0.15) is 11.5 Å². The molecule has 1 heterocycles. The van der Waals surface area contributed by atoms with Gasteiger partial charge in [-0.1, -0.05) is 97.3 Å². The van der Waals surface area contributed by atoms with E-state index in [1.807, 2.05) is 36.4 Å². The number of nitriles is 1. The van der Waals surface area contributed by atoms with Crippen molar-refractivity contribution >= 4 is 5.97 Å². The average molecular weight is 575 g/mol. The molecule has 0 saturated heterocycles. The number of unbranched alkanes of at least 4 members (excludes halogenated alkanes) is 12. The molecule has 5 nitrogen and oxygen atoms in total. The van der Waals surface area contributed by atoms with Crippen LogP contribution in [0.15, 0.2) is 42.6 Å². The minimum absolute atomic E-state index is 0.129. The van der Waals surface area contributed by atoms with E-state index >= 15 is 0 Å². The molecule has 0 radical (unpaired) electrons. The van der Waals surface area contributed by atoms with Gasteiger partial charge in [0.2, 0.25) is 0 Å². The van der Waals surface area contributed by atoms with Crippen LogP contribution in [0.1, 0.15) is 136 Å². The lowest BCUT2D eigenvalue weighted by atomic mass is 9.69. The Morgan fingerprint density at radius 3 is 1.95 bits per heavy atom. The Bertz CT molecular complexity index is 1050. The van der Waals surface area contributed by atoms with E-state index in [1.165, 1.54) is 77.0 Å². The largest absolute Gasteiger partial charge is 0.492 e. The van der Waals surface area contributed by atoms with Crippen molar-refractivity contribution in [1.29, 1.82) is 5.26 Å². The van der Waals surface area contributed by atoms with E-state index in [1.54, 1.807) is 6.20 Å². The SMILES string of the molecule is CCCCCCCCCCOc1ccc(-c2ccc(OC(=O)C3CCC(C#N)(CCCCCCCC)CC3)cc2)nc1. The van der Waals surface area contributed by atoms with Gasteiger partial charge in [-0.05, 0) is 74.9 Å². The van der Waals surface area contributed by atoms with Gasteiger partial charge in [0.05, 0.1) is 35.9 Å². The van der Waals surface area contributed by atoms with Crippen LogP contribution in [0.2, 0.25) is 0 Å². The molecular formula is C37H54N2O3. The standard InChI is InChI=1S/C37H54N2O3/c1-3-5-7-9-11-12-14-16-28-41-34-21-22-35(39-29-34)31-17-19-33(20-18-31)42-36(40)32-23-26-37(30-38,27-24-32)25-15-13-10-8-6-4-2/h17-22,29,32H,3-16,23-28H2,1-2H3. The molecule has 1 aromatic heterocycles. The Morgan fingerprint density at radius 2 is 1.38 bits per heavy atom. The summed E-state index contributed by atoms with van der Waals surface area (Å²) in [6, 6.07) is 14.1. The van der Waals surface area contributed by atoms with E-state index < -0.39 is 0 Å². The summed E-state index contributed by atoms with van der Waals surface area (Å²) in [7, 11) is 0. The summed E-state index contributed by atoms with van der Waals surface area (Å²) < 4.78 is 11.6. The third-order valence-corrected chi connectivity index (χ3v) is 8.89. The van der Waals surface area contributed by atoms with Gasteiger partial charge < -0.3 is 9.47 Å². The fourth-order valence-corrected chi connectivity index (χ4v) is 6.02. The van der Waals surface area contributed by atoms with Crippen molar-refractivity contribution in [3.8, 4) is 28.8 Å². The van der Waals surface area contributed by atoms with Crippen molar-refractivity contribution in [1.82, 2.24) is 4.98 Å². The lowest BCUT2D eigenvalue weighted by Crippen LogP contribution is -2.31. The molecule has 0 atom stereocenters. The summed E-state index contributed by atoms with van der Waals surface area (Å²) in [6.07, 6.45) is 23.5. The van der Waals surface area contributed by atoms with Gasteiger partial charge in [-0.25, -0.2) is 0 Å². The molecule has 2 aromatic rings. The summed E-state index contributed by atoms with van der Waals surface area (Å²) in [5, 5.41) is 9.89. The van der Waals surface area contributed by atoms with Crippen molar-refractivity contribution in [2.45, 2.75) is 136 Å². The maximum absolute atomic E-state index is 12.9. The minimum atomic E-state index is -0.260. The number of benzene rings is 1. The highest BCUT2D eigenvalue weighted by Gasteiger charge is 2.38. The van der Waals surface area contributed by atoms with E-state index in [-0.39, 0.29) is 17.3 Å². The number of ether oxygens (including phenoxy) is 2. The van der Waals surface area contributed by atoms with Crippen molar-refractivity contribution in [3.63, 3.8) is 0 Å². The van der Waals surface area contributed by atoms with Gasteiger partial charge in [0.15, 0.2) is 0 Å². The highest BCUT2D eigenvalue weighted by atomic mass is 16.5. The number of hydrogen-bond acceptors (Lipinski definition) is 5. The Balaban J connectivity index is 1.36. The van der Waals surface area contributed by atoms with E-state index in [2.05, 4.69) is 24.9 Å². The molecule has 230 valence electrons. The number of rotatable bonds is 20. The fourth-order valence-electron chi connectivity index (χ4n) is 6.02. The Hall–Kier alpha value is -2.87. The number of esters is 1. The van der Waals surface area contributed by atoms with Crippen LogP contribution in [0.25, 0.3) is 11.3 Å². The van der Waals surface area contributed by atoms with Crippen LogP contribution in [0.3, 0.4) is 0 Å². The van der Waals surface area contributed by atoms with Crippen LogP contribution in [-0.4, -0.2) is 17.6 Å². The molecule has 0 aliphatic heterocycles. The first-order valence-corrected chi connectivity index (χ1v) is 16.9. The molecule has 1 fully saturated rings. The molecule has 0 bridgehead atoms. The molecule has 0 unspecified atom stereocenters. The third kappa shape index (κ3) is 11.8. The first kappa shape index (κ1) is 33.6. The van der Waals surface area contributed by atoms with Crippen molar-refractivity contribution in [2.75, 3.05) is 6.61 Å². The molecule has 1 aliphatic carbocycles. The Labute approximate surface area is 255 Å². The lowest BCUT2D eigenvalue weighted by Gasteiger charge is -2.34. The van der Waals surface area contributed by atoms with Crippen LogP contribution in [0.4, 0.5) is 0 Å². The van der Waals surface area contributed by atoms with Crippen LogP contribution < -0.4 is 9.47 Å². The molecule has 1 aliphatic rings. The second-order valence-corrected chi connectivity index (χ2v) is 12.3. The average Bonchev–Trinajstić information content (AvgIpc) is 3.03. The monoisotopic (exact) mass is 574 g/mol. The van der Waals surface area contributed by atoms with E-state index in [4.69, 9.17) is 9.47 Å². The van der Waals surface area contributed by atoms with Crippen molar-refractivity contribution in [2.24, 2.45) is 11.3 Å². The second-order valence-electron chi connectivity index (χ2n) is 12.3. The molecular weight excluding hydrogens is 520 g/mol. The predicted molar refractivity (Wildman–Crippen MR) is 171 cm³/mol. The highest BCUT2D eigenvalue weighted by molar-refractivity contribution is 5.75. The Morgan fingerprint density at radius 1 is 0.810 bits per heavy atom. The van der Waals surface area contributed by atoms with E-state index in [0.29, 0.717) is 5.75 Å². The summed E-state index contributed by atoms with van der Waals surface area (Å²) in [5.41, 5.74) is 1.57. The summed E-state index contributed by atoms with van der Waals surface area (Å²) in [4.78, 5) is 17.5. The lowest BCUT2D eigenvalue weighted by molar-refractivity contribution is -0.140. The zero-order valence-electron chi connectivity index (χ0n) is 26.4.